The molecule has 0 saturated heterocycles. The second-order valence-corrected chi connectivity index (χ2v) is 6.02. The maximum absolute atomic E-state index is 10.6. The van der Waals surface area contributed by atoms with Gasteiger partial charge in [0.25, 0.3) is 5.69 Å². The van der Waals surface area contributed by atoms with Crippen LogP contribution in [-0.4, -0.2) is 15.1 Å². The zero-order chi connectivity index (χ0) is 15.5. The SMILES string of the molecule is CC(C)(C)Cc1nnc(NCc2ccc([N+](=O)[O-])cc2)o1. The van der Waals surface area contributed by atoms with Crippen LogP contribution in [0.3, 0.4) is 0 Å². The van der Waals surface area contributed by atoms with Gasteiger partial charge >= 0.3 is 6.01 Å². The molecule has 0 aliphatic rings. The molecule has 0 radical (unpaired) electrons. The Hall–Kier alpha value is -2.44. The smallest absolute Gasteiger partial charge is 0.315 e. The van der Waals surface area contributed by atoms with Crippen molar-refractivity contribution in [3.8, 4) is 0 Å². The lowest BCUT2D eigenvalue weighted by atomic mass is 9.92. The van der Waals surface area contributed by atoms with E-state index in [1.54, 1.807) is 12.1 Å². The number of aromatic nitrogens is 2. The highest BCUT2D eigenvalue weighted by atomic mass is 16.6. The zero-order valence-corrected chi connectivity index (χ0v) is 12.3. The Morgan fingerprint density at radius 3 is 2.48 bits per heavy atom. The van der Waals surface area contributed by atoms with Crippen LogP contribution in [0.4, 0.5) is 11.7 Å². The summed E-state index contributed by atoms with van der Waals surface area (Å²) in [5.41, 5.74) is 1.06. The van der Waals surface area contributed by atoms with Crippen molar-refractivity contribution < 1.29 is 9.34 Å². The molecule has 0 aliphatic carbocycles. The fraction of sp³-hybridized carbons (Fsp3) is 0.429. The van der Waals surface area contributed by atoms with Crippen molar-refractivity contribution in [3.05, 3.63) is 45.8 Å². The molecule has 1 aromatic heterocycles. The van der Waals surface area contributed by atoms with Crippen molar-refractivity contribution in [1.82, 2.24) is 10.2 Å². The minimum atomic E-state index is -0.423. The van der Waals surface area contributed by atoms with Crippen molar-refractivity contribution >= 4 is 11.7 Å². The van der Waals surface area contributed by atoms with E-state index < -0.39 is 4.92 Å². The molecule has 1 aromatic carbocycles. The molecule has 2 aromatic rings. The summed E-state index contributed by atoms with van der Waals surface area (Å²) in [5.74, 6) is 0.591. The predicted molar refractivity (Wildman–Crippen MR) is 77.9 cm³/mol. The second-order valence-electron chi connectivity index (χ2n) is 6.02. The van der Waals surface area contributed by atoms with Gasteiger partial charge in [-0.3, -0.25) is 10.1 Å². The summed E-state index contributed by atoms with van der Waals surface area (Å²) >= 11 is 0. The normalized spacial score (nSPS) is 11.4. The molecule has 1 N–H and O–H groups in total. The van der Waals surface area contributed by atoms with Gasteiger partial charge in [0.15, 0.2) is 0 Å². The van der Waals surface area contributed by atoms with Crippen LogP contribution in [-0.2, 0) is 13.0 Å². The molecular weight excluding hydrogens is 272 g/mol. The van der Waals surface area contributed by atoms with Gasteiger partial charge in [-0.1, -0.05) is 38.0 Å². The predicted octanol–water partition coefficient (Wildman–Crippen LogP) is 3.18. The summed E-state index contributed by atoms with van der Waals surface area (Å²) in [4.78, 5) is 10.1. The minimum absolute atomic E-state index is 0.0732. The van der Waals surface area contributed by atoms with Gasteiger partial charge in [-0.2, -0.15) is 0 Å². The van der Waals surface area contributed by atoms with Crippen LogP contribution in [0.25, 0.3) is 0 Å². The highest BCUT2D eigenvalue weighted by molar-refractivity contribution is 5.34. The molecule has 0 fully saturated rings. The van der Waals surface area contributed by atoms with Crippen molar-refractivity contribution in [2.45, 2.75) is 33.7 Å². The Bertz CT molecular complexity index is 614. The molecular formula is C14H18N4O3. The van der Waals surface area contributed by atoms with Gasteiger partial charge in [-0.05, 0) is 11.0 Å². The van der Waals surface area contributed by atoms with Crippen molar-refractivity contribution in [1.29, 1.82) is 0 Å². The average Bonchev–Trinajstić information content (AvgIpc) is 2.82. The number of hydrogen-bond acceptors (Lipinski definition) is 6. The highest BCUT2D eigenvalue weighted by Gasteiger charge is 2.16. The van der Waals surface area contributed by atoms with Crippen LogP contribution in [0.2, 0.25) is 0 Å². The van der Waals surface area contributed by atoms with Gasteiger partial charge in [-0.25, -0.2) is 0 Å². The van der Waals surface area contributed by atoms with E-state index in [0.29, 0.717) is 24.9 Å². The summed E-state index contributed by atoms with van der Waals surface area (Å²) in [7, 11) is 0. The van der Waals surface area contributed by atoms with E-state index in [4.69, 9.17) is 4.42 Å². The number of benzene rings is 1. The molecule has 7 nitrogen and oxygen atoms in total. The average molecular weight is 290 g/mol. The van der Waals surface area contributed by atoms with Crippen molar-refractivity contribution in [2.75, 3.05) is 5.32 Å². The largest absolute Gasteiger partial charge is 0.408 e. The molecule has 1 heterocycles. The van der Waals surface area contributed by atoms with Crippen LogP contribution >= 0.6 is 0 Å². The summed E-state index contributed by atoms with van der Waals surface area (Å²) in [5, 5.41) is 21.5. The molecule has 2 rings (SSSR count). The maximum Gasteiger partial charge on any atom is 0.315 e. The third-order valence-electron chi connectivity index (χ3n) is 2.74. The molecule has 0 aliphatic heterocycles. The fourth-order valence-corrected chi connectivity index (χ4v) is 1.76. The number of nitrogens with zero attached hydrogens (tertiary/aromatic N) is 3. The summed E-state index contributed by atoms with van der Waals surface area (Å²) < 4.78 is 5.50. The number of nitrogens with one attached hydrogen (secondary N) is 1. The first-order valence-corrected chi connectivity index (χ1v) is 6.63. The van der Waals surface area contributed by atoms with Crippen molar-refractivity contribution in [3.63, 3.8) is 0 Å². The van der Waals surface area contributed by atoms with Gasteiger partial charge in [0.1, 0.15) is 0 Å². The number of non-ortho nitro benzene ring substituents is 1. The lowest BCUT2D eigenvalue weighted by molar-refractivity contribution is -0.384. The van der Waals surface area contributed by atoms with Crippen LogP contribution in [0.5, 0.6) is 0 Å². The maximum atomic E-state index is 10.6. The monoisotopic (exact) mass is 290 g/mol. The Balaban J connectivity index is 1.92. The second kappa shape index (κ2) is 5.90. The van der Waals surface area contributed by atoms with E-state index in [1.165, 1.54) is 12.1 Å². The lowest BCUT2D eigenvalue weighted by Crippen LogP contribution is -2.09. The number of hydrogen-bond donors (Lipinski definition) is 1. The van der Waals surface area contributed by atoms with Crippen molar-refractivity contribution in [2.24, 2.45) is 5.41 Å². The van der Waals surface area contributed by atoms with Crippen LogP contribution in [0.15, 0.2) is 28.7 Å². The van der Waals surface area contributed by atoms with Crippen LogP contribution in [0, 0.1) is 15.5 Å². The third kappa shape index (κ3) is 4.55. The molecule has 0 saturated carbocycles. The standard InChI is InChI=1S/C14H18N4O3/c1-14(2,3)8-12-16-17-13(21-12)15-9-10-4-6-11(7-5-10)18(19)20/h4-7H,8-9H2,1-3H3,(H,15,17). The van der Waals surface area contributed by atoms with E-state index in [2.05, 4.69) is 36.3 Å². The Labute approximate surface area is 122 Å². The van der Waals surface area contributed by atoms with Gasteiger partial charge in [0.2, 0.25) is 5.89 Å². The summed E-state index contributed by atoms with van der Waals surface area (Å²) in [6, 6.07) is 6.67. The minimum Gasteiger partial charge on any atom is -0.408 e. The van der Waals surface area contributed by atoms with Crippen LogP contribution in [0.1, 0.15) is 32.2 Å². The van der Waals surface area contributed by atoms with Gasteiger partial charge in [-0.15, -0.1) is 5.10 Å². The van der Waals surface area contributed by atoms with Crippen LogP contribution < -0.4 is 5.32 Å². The fourth-order valence-electron chi connectivity index (χ4n) is 1.76. The first-order chi connectivity index (χ1) is 9.83. The molecule has 112 valence electrons. The van der Waals surface area contributed by atoms with E-state index in [0.717, 1.165) is 5.56 Å². The zero-order valence-electron chi connectivity index (χ0n) is 12.3. The quantitative estimate of drug-likeness (QED) is 0.671. The summed E-state index contributed by atoms with van der Waals surface area (Å²) in [6.07, 6.45) is 0.708. The van der Waals surface area contributed by atoms with Gasteiger partial charge < -0.3 is 9.73 Å². The number of nitro benzene ring substituents is 1. The molecule has 21 heavy (non-hydrogen) atoms. The molecule has 0 unspecified atom stereocenters. The number of nitro groups is 1. The van der Waals surface area contributed by atoms with Gasteiger partial charge in [0, 0.05) is 25.1 Å². The molecule has 7 heteroatoms. The topological polar surface area (TPSA) is 94.1 Å². The lowest BCUT2D eigenvalue weighted by Gasteiger charge is -2.14. The first-order valence-electron chi connectivity index (χ1n) is 6.63. The molecule has 0 spiro atoms. The third-order valence-corrected chi connectivity index (χ3v) is 2.74. The molecule has 0 amide bonds. The van der Waals surface area contributed by atoms with E-state index in [1.807, 2.05) is 0 Å². The summed E-state index contributed by atoms with van der Waals surface area (Å²) in [6.45, 7) is 6.76. The Morgan fingerprint density at radius 2 is 1.90 bits per heavy atom. The first kappa shape index (κ1) is 15.0. The number of anilines is 1. The Morgan fingerprint density at radius 1 is 1.24 bits per heavy atom. The van der Waals surface area contributed by atoms with E-state index in [9.17, 15) is 10.1 Å². The van der Waals surface area contributed by atoms with E-state index >= 15 is 0 Å². The van der Waals surface area contributed by atoms with Gasteiger partial charge in [0.05, 0.1) is 4.92 Å². The molecule has 0 atom stereocenters. The molecule has 0 bridgehead atoms. The van der Waals surface area contributed by atoms with E-state index in [-0.39, 0.29) is 11.1 Å². The Kier molecular flexibility index (Phi) is 4.21. The number of rotatable bonds is 5. The highest BCUT2D eigenvalue weighted by Crippen LogP contribution is 2.21.